The highest BCUT2D eigenvalue weighted by molar-refractivity contribution is 4.92. The minimum atomic E-state index is 0.0784. The molecule has 2 atom stereocenters. The van der Waals surface area contributed by atoms with Crippen molar-refractivity contribution in [2.24, 2.45) is 0 Å². The summed E-state index contributed by atoms with van der Waals surface area (Å²) in [6, 6.07) is 0. The Labute approximate surface area is 130 Å². The third-order valence-corrected chi connectivity index (χ3v) is 4.61. The molecule has 3 heteroatoms. The van der Waals surface area contributed by atoms with Gasteiger partial charge in [-0.1, -0.05) is 71.1 Å². The summed E-state index contributed by atoms with van der Waals surface area (Å²) in [5.41, 5.74) is 0.0784. The van der Waals surface area contributed by atoms with Gasteiger partial charge >= 0.3 is 0 Å². The molecule has 0 aromatic heterocycles. The van der Waals surface area contributed by atoms with Crippen LogP contribution in [0.15, 0.2) is 0 Å². The van der Waals surface area contributed by atoms with Crippen LogP contribution in [0.4, 0.5) is 0 Å². The van der Waals surface area contributed by atoms with Crippen LogP contribution in [0.5, 0.6) is 0 Å². The first kappa shape index (κ1) is 17.2. The molecule has 2 aliphatic rings. The van der Waals surface area contributed by atoms with Gasteiger partial charge in [0.25, 0.3) is 0 Å². The summed E-state index contributed by atoms with van der Waals surface area (Å²) in [6.07, 6.45) is 15.5. The molecular formula is C18H34O3. The zero-order chi connectivity index (χ0) is 14.8. The van der Waals surface area contributed by atoms with Gasteiger partial charge in [-0.05, 0) is 6.42 Å². The van der Waals surface area contributed by atoms with Crippen molar-refractivity contribution in [1.82, 2.24) is 0 Å². The van der Waals surface area contributed by atoms with Crippen molar-refractivity contribution in [2.75, 3.05) is 26.4 Å². The second-order valence-electron chi connectivity index (χ2n) is 6.87. The molecule has 2 unspecified atom stereocenters. The second-order valence-corrected chi connectivity index (χ2v) is 6.87. The van der Waals surface area contributed by atoms with Crippen LogP contribution >= 0.6 is 0 Å². The summed E-state index contributed by atoms with van der Waals surface area (Å²) in [4.78, 5) is 0. The fourth-order valence-corrected chi connectivity index (χ4v) is 2.88. The Hall–Kier alpha value is -0.120. The molecule has 0 aromatic carbocycles. The molecule has 2 heterocycles. The summed E-state index contributed by atoms with van der Waals surface area (Å²) >= 11 is 0. The van der Waals surface area contributed by atoms with Gasteiger partial charge in [0, 0.05) is 0 Å². The van der Waals surface area contributed by atoms with E-state index in [1.54, 1.807) is 0 Å². The molecule has 0 aromatic rings. The van der Waals surface area contributed by atoms with Crippen molar-refractivity contribution in [3.05, 3.63) is 0 Å². The van der Waals surface area contributed by atoms with Crippen LogP contribution < -0.4 is 0 Å². The highest BCUT2D eigenvalue weighted by atomic mass is 16.6. The van der Waals surface area contributed by atoms with Crippen LogP contribution in [-0.4, -0.2) is 38.1 Å². The maximum atomic E-state index is 5.68. The predicted octanol–water partition coefficient (Wildman–Crippen LogP) is 4.48. The Balaban J connectivity index is 1.32. The first-order chi connectivity index (χ1) is 10.3. The van der Waals surface area contributed by atoms with E-state index in [2.05, 4.69) is 6.92 Å². The monoisotopic (exact) mass is 298 g/mol. The fraction of sp³-hybridized carbons (Fsp3) is 1.00. The van der Waals surface area contributed by atoms with Gasteiger partial charge in [0.2, 0.25) is 0 Å². The first-order valence-electron chi connectivity index (χ1n) is 9.18. The van der Waals surface area contributed by atoms with Crippen LogP contribution in [-0.2, 0) is 14.2 Å². The Kier molecular flexibility index (Phi) is 8.05. The predicted molar refractivity (Wildman–Crippen MR) is 85.7 cm³/mol. The van der Waals surface area contributed by atoms with Crippen LogP contribution in [0.2, 0.25) is 0 Å². The standard InChI is InChI=1S/C18H34O3/c1-2-3-4-5-6-7-8-9-10-11-12-18(16-21-18)15-19-13-17-14-20-17/h17H,2-16H2,1H3. The molecule has 2 fully saturated rings. The highest BCUT2D eigenvalue weighted by Gasteiger charge is 2.44. The van der Waals surface area contributed by atoms with Crippen molar-refractivity contribution in [1.29, 1.82) is 0 Å². The smallest absolute Gasteiger partial charge is 0.115 e. The lowest BCUT2D eigenvalue weighted by atomic mass is 10.0. The van der Waals surface area contributed by atoms with Gasteiger partial charge in [0.1, 0.15) is 11.7 Å². The third kappa shape index (κ3) is 8.18. The van der Waals surface area contributed by atoms with Gasteiger partial charge in [-0.25, -0.2) is 0 Å². The number of hydrogen-bond donors (Lipinski definition) is 0. The Morgan fingerprint density at radius 2 is 1.52 bits per heavy atom. The van der Waals surface area contributed by atoms with Crippen LogP contribution in [0, 0.1) is 0 Å². The van der Waals surface area contributed by atoms with E-state index in [0.717, 1.165) is 26.4 Å². The molecule has 0 radical (unpaired) electrons. The average Bonchev–Trinajstić information content (AvgIpc) is 3.39. The number of unbranched alkanes of at least 4 members (excludes halogenated alkanes) is 9. The molecule has 2 rings (SSSR count). The van der Waals surface area contributed by atoms with E-state index in [9.17, 15) is 0 Å². The van der Waals surface area contributed by atoms with Crippen LogP contribution in [0.1, 0.15) is 77.6 Å². The maximum Gasteiger partial charge on any atom is 0.115 e. The van der Waals surface area contributed by atoms with E-state index in [4.69, 9.17) is 14.2 Å². The third-order valence-electron chi connectivity index (χ3n) is 4.61. The van der Waals surface area contributed by atoms with Crippen molar-refractivity contribution in [2.45, 2.75) is 89.3 Å². The topological polar surface area (TPSA) is 34.3 Å². The lowest BCUT2D eigenvalue weighted by Gasteiger charge is -2.11. The Bertz CT molecular complexity index is 259. The van der Waals surface area contributed by atoms with E-state index in [0.29, 0.717) is 6.10 Å². The van der Waals surface area contributed by atoms with Crippen LogP contribution in [0.3, 0.4) is 0 Å². The molecule has 2 saturated heterocycles. The van der Waals surface area contributed by atoms with Crippen molar-refractivity contribution in [3.8, 4) is 0 Å². The van der Waals surface area contributed by atoms with Crippen LogP contribution in [0.25, 0.3) is 0 Å². The Morgan fingerprint density at radius 3 is 2.05 bits per heavy atom. The van der Waals surface area contributed by atoms with Crippen molar-refractivity contribution in [3.63, 3.8) is 0 Å². The molecule has 0 bridgehead atoms. The zero-order valence-electron chi connectivity index (χ0n) is 13.9. The molecular weight excluding hydrogens is 264 g/mol. The minimum Gasteiger partial charge on any atom is -0.376 e. The number of rotatable bonds is 15. The normalized spacial score (nSPS) is 27.0. The van der Waals surface area contributed by atoms with E-state index in [-0.39, 0.29) is 5.60 Å². The van der Waals surface area contributed by atoms with Gasteiger partial charge in [-0.3, -0.25) is 0 Å². The largest absolute Gasteiger partial charge is 0.376 e. The summed E-state index contributed by atoms with van der Waals surface area (Å²) in [5, 5.41) is 0. The van der Waals surface area contributed by atoms with Gasteiger partial charge in [-0.15, -0.1) is 0 Å². The number of hydrogen-bond acceptors (Lipinski definition) is 3. The second kappa shape index (κ2) is 9.81. The maximum absolute atomic E-state index is 5.68. The zero-order valence-corrected chi connectivity index (χ0v) is 13.9. The molecule has 0 aliphatic carbocycles. The highest BCUT2D eigenvalue weighted by Crippen LogP contribution is 2.33. The molecule has 21 heavy (non-hydrogen) atoms. The minimum absolute atomic E-state index is 0.0784. The number of epoxide rings is 2. The Morgan fingerprint density at radius 1 is 0.952 bits per heavy atom. The van der Waals surface area contributed by atoms with Gasteiger partial charge in [0.15, 0.2) is 0 Å². The molecule has 0 amide bonds. The first-order valence-corrected chi connectivity index (χ1v) is 9.18. The summed E-state index contributed by atoms with van der Waals surface area (Å²) in [7, 11) is 0. The fourth-order valence-electron chi connectivity index (χ4n) is 2.88. The van der Waals surface area contributed by atoms with Crippen molar-refractivity contribution < 1.29 is 14.2 Å². The molecule has 124 valence electrons. The molecule has 0 saturated carbocycles. The SMILES string of the molecule is CCCCCCCCCCCCC1(COCC2CO2)CO1. The van der Waals surface area contributed by atoms with E-state index >= 15 is 0 Å². The van der Waals surface area contributed by atoms with Gasteiger partial charge in [-0.2, -0.15) is 0 Å². The average molecular weight is 298 g/mol. The van der Waals surface area contributed by atoms with Gasteiger partial charge < -0.3 is 14.2 Å². The lowest BCUT2D eigenvalue weighted by Crippen LogP contribution is -2.21. The summed E-state index contributed by atoms with van der Waals surface area (Å²) in [6.45, 7) is 5.58. The molecule has 0 N–H and O–H groups in total. The van der Waals surface area contributed by atoms with E-state index < -0.39 is 0 Å². The van der Waals surface area contributed by atoms with Gasteiger partial charge in [0.05, 0.1) is 26.4 Å². The van der Waals surface area contributed by atoms with E-state index in [1.807, 2.05) is 0 Å². The summed E-state index contributed by atoms with van der Waals surface area (Å²) < 4.78 is 16.4. The lowest BCUT2D eigenvalue weighted by molar-refractivity contribution is 0.0637. The molecule has 0 spiro atoms. The van der Waals surface area contributed by atoms with E-state index in [1.165, 1.54) is 70.6 Å². The quantitative estimate of drug-likeness (QED) is 0.330. The summed E-state index contributed by atoms with van der Waals surface area (Å²) in [5.74, 6) is 0. The molecule has 3 nitrogen and oxygen atoms in total. The van der Waals surface area contributed by atoms with Crippen molar-refractivity contribution >= 4 is 0 Å². The molecule has 2 aliphatic heterocycles. The number of ether oxygens (including phenoxy) is 3.